The van der Waals surface area contributed by atoms with Gasteiger partial charge in [0.15, 0.2) is 0 Å². The summed E-state index contributed by atoms with van der Waals surface area (Å²) in [6.45, 7) is 16.0. The smallest absolute Gasteiger partial charge is 0.0594 e. The van der Waals surface area contributed by atoms with Gasteiger partial charge in [0.25, 0.3) is 0 Å². The standard InChI is InChI=1S/C18H36N2O/c1-5-8-19-17-7-6-16(18(2,3)4)13-15(17)14-20-9-11-21-12-10-20/h15-17,19H,5-14H2,1-4H3. The fourth-order valence-corrected chi connectivity index (χ4v) is 3.97. The monoisotopic (exact) mass is 296 g/mol. The summed E-state index contributed by atoms with van der Waals surface area (Å²) in [5, 5.41) is 3.83. The lowest BCUT2D eigenvalue weighted by atomic mass is 9.67. The van der Waals surface area contributed by atoms with Gasteiger partial charge in [-0.2, -0.15) is 0 Å². The third-order valence-electron chi connectivity index (χ3n) is 5.46. The maximum atomic E-state index is 5.50. The molecule has 0 amide bonds. The summed E-state index contributed by atoms with van der Waals surface area (Å²) in [6.07, 6.45) is 5.38. The van der Waals surface area contributed by atoms with E-state index in [1.165, 1.54) is 38.8 Å². The Hall–Kier alpha value is -0.120. The van der Waals surface area contributed by atoms with Crippen LogP contribution in [0.25, 0.3) is 0 Å². The summed E-state index contributed by atoms with van der Waals surface area (Å²) in [5.41, 5.74) is 0.457. The minimum absolute atomic E-state index is 0.457. The summed E-state index contributed by atoms with van der Waals surface area (Å²) in [5.74, 6) is 1.69. The molecule has 2 aliphatic rings. The lowest BCUT2D eigenvalue weighted by Gasteiger charge is -2.44. The summed E-state index contributed by atoms with van der Waals surface area (Å²) in [4.78, 5) is 2.62. The molecule has 1 saturated heterocycles. The normalized spacial score (nSPS) is 32.3. The van der Waals surface area contributed by atoms with Crippen molar-refractivity contribution >= 4 is 0 Å². The van der Waals surface area contributed by atoms with Gasteiger partial charge >= 0.3 is 0 Å². The van der Waals surface area contributed by atoms with Crippen molar-refractivity contribution in [3.63, 3.8) is 0 Å². The first-order valence-electron chi connectivity index (χ1n) is 9.04. The van der Waals surface area contributed by atoms with E-state index in [9.17, 15) is 0 Å². The minimum Gasteiger partial charge on any atom is -0.379 e. The molecule has 21 heavy (non-hydrogen) atoms. The van der Waals surface area contributed by atoms with Crippen LogP contribution in [0.15, 0.2) is 0 Å². The van der Waals surface area contributed by atoms with E-state index in [1.807, 2.05) is 0 Å². The van der Waals surface area contributed by atoms with E-state index in [2.05, 4.69) is 37.9 Å². The summed E-state index contributed by atoms with van der Waals surface area (Å²) in [7, 11) is 0. The van der Waals surface area contributed by atoms with Gasteiger partial charge in [0.05, 0.1) is 13.2 Å². The number of ether oxygens (including phenoxy) is 1. The molecule has 3 atom stereocenters. The quantitative estimate of drug-likeness (QED) is 0.843. The first kappa shape index (κ1) is 17.2. The average molecular weight is 296 g/mol. The Morgan fingerprint density at radius 2 is 1.86 bits per heavy atom. The van der Waals surface area contributed by atoms with Crippen LogP contribution in [0.3, 0.4) is 0 Å². The molecule has 0 aromatic heterocycles. The molecule has 124 valence electrons. The number of nitrogens with zero attached hydrogens (tertiary/aromatic N) is 1. The second-order valence-electron chi connectivity index (χ2n) is 8.11. The van der Waals surface area contributed by atoms with E-state index in [1.54, 1.807) is 0 Å². The van der Waals surface area contributed by atoms with Gasteiger partial charge in [-0.25, -0.2) is 0 Å². The summed E-state index contributed by atoms with van der Waals surface area (Å²) < 4.78 is 5.50. The van der Waals surface area contributed by atoms with Crippen molar-refractivity contribution in [3.8, 4) is 0 Å². The van der Waals surface area contributed by atoms with Crippen LogP contribution < -0.4 is 5.32 Å². The molecule has 0 spiro atoms. The number of morpholine rings is 1. The Morgan fingerprint density at radius 1 is 1.14 bits per heavy atom. The highest BCUT2D eigenvalue weighted by atomic mass is 16.5. The number of hydrogen-bond acceptors (Lipinski definition) is 3. The van der Waals surface area contributed by atoms with E-state index < -0.39 is 0 Å². The lowest BCUT2D eigenvalue weighted by molar-refractivity contribution is 0.0153. The number of hydrogen-bond donors (Lipinski definition) is 1. The molecular weight excluding hydrogens is 260 g/mol. The van der Waals surface area contributed by atoms with Crippen molar-refractivity contribution in [2.24, 2.45) is 17.3 Å². The molecule has 1 aliphatic carbocycles. The largest absolute Gasteiger partial charge is 0.379 e. The lowest BCUT2D eigenvalue weighted by Crippen LogP contribution is -2.49. The van der Waals surface area contributed by atoms with Gasteiger partial charge in [0.2, 0.25) is 0 Å². The molecule has 1 N–H and O–H groups in total. The highest BCUT2D eigenvalue weighted by molar-refractivity contribution is 4.90. The van der Waals surface area contributed by atoms with Crippen LogP contribution in [0.5, 0.6) is 0 Å². The summed E-state index contributed by atoms with van der Waals surface area (Å²) in [6, 6.07) is 0.728. The zero-order valence-electron chi connectivity index (χ0n) is 14.7. The van der Waals surface area contributed by atoms with E-state index in [4.69, 9.17) is 4.74 Å². The van der Waals surface area contributed by atoms with E-state index in [0.29, 0.717) is 5.41 Å². The third-order valence-corrected chi connectivity index (χ3v) is 5.46. The first-order chi connectivity index (χ1) is 10.0. The van der Waals surface area contributed by atoms with Gasteiger partial charge < -0.3 is 10.1 Å². The molecule has 2 fully saturated rings. The van der Waals surface area contributed by atoms with Gasteiger partial charge in [0.1, 0.15) is 0 Å². The highest BCUT2D eigenvalue weighted by Gasteiger charge is 2.36. The maximum absolute atomic E-state index is 5.50. The van der Waals surface area contributed by atoms with Crippen LogP contribution in [0.2, 0.25) is 0 Å². The second kappa shape index (κ2) is 7.94. The van der Waals surface area contributed by atoms with Crippen LogP contribution in [0, 0.1) is 17.3 Å². The van der Waals surface area contributed by atoms with E-state index >= 15 is 0 Å². The van der Waals surface area contributed by atoms with Gasteiger partial charge in [-0.15, -0.1) is 0 Å². The molecular formula is C18H36N2O. The topological polar surface area (TPSA) is 24.5 Å². The molecule has 0 radical (unpaired) electrons. The van der Waals surface area contributed by atoms with Crippen LogP contribution in [0.1, 0.15) is 53.4 Å². The molecule has 0 aromatic rings. The van der Waals surface area contributed by atoms with Crippen LogP contribution in [0.4, 0.5) is 0 Å². The Labute approximate surface area is 131 Å². The van der Waals surface area contributed by atoms with Crippen molar-refractivity contribution in [1.82, 2.24) is 10.2 Å². The van der Waals surface area contributed by atoms with Crippen molar-refractivity contribution in [1.29, 1.82) is 0 Å². The van der Waals surface area contributed by atoms with Crippen LogP contribution >= 0.6 is 0 Å². The fraction of sp³-hybridized carbons (Fsp3) is 1.00. The second-order valence-corrected chi connectivity index (χ2v) is 8.11. The molecule has 0 bridgehead atoms. The van der Waals surface area contributed by atoms with Crippen LogP contribution in [-0.4, -0.2) is 50.3 Å². The van der Waals surface area contributed by atoms with Crippen molar-refractivity contribution < 1.29 is 4.74 Å². The predicted octanol–water partition coefficient (Wildman–Crippen LogP) is 3.15. The predicted molar refractivity (Wildman–Crippen MR) is 89.6 cm³/mol. The Morgan fingerprint density at radius 3 is 2.48 bits per heavy atom. The van der Waals surface area contributed by atoms with Crippen LogP contribution in [-0.2, 0) is 4.74 Å². The average Bonchev–Trinajstić information content (AvgIpc) is 2.46. The molecule has 0 aromatic carbocycles. The van der Waals surface area contributed by atoms with E-state index in [0.717, 1.165) is 44.2 Å². The molecule has 2 rings (SSSR count). The van der Waals surface area contributed by atoms with Gasteiger partial charge in [0, 0.05) is 25.7 Å². The Balaban J connectivity index is 1.94. The molecule has 1 saturated carbocycles. The Kier molecular flexibility index (Phi) is 6.51. The number of rotatable bonds is 5. The molecule has 3 nitrogen and oxygen atoms in total. The van der Waals surface area contributed by atoms with Gasteiger partial charge in [-0.3, -0.25) is 4.90 Å². The molecule has 3 heteroatoms. The Bertz CT molecular complexity index is 294. The van der Waals surface area contributed by atoms with Crippen molar-refractivity contribution in [3.05, 3.63) is 0 Å². The number of nitrogens with one attached hydrogen (secondary N) is 1. The zero-order chi connectivity index (χ0) is 15.3. The minimum atomic E-state index is 0.457. The molecule has 1 aliphatic heterocycles. The van der Waals surface area contributed by atoms with E-state index in [-0.39, 0.29) is 0 Å². The molecule has 3 unspecified atom stereocenters. The third kappa shape index (κ3) is 5.22. The maximum Gasteiger partial charge on any atom is 0.0594 e. The van der Waals surface area contributed by atoms with Crippen molar-refractivity contribution in [2.45, 2.75) is 59.4 Å². The SMILES string of the molecule is CCCNC1CCC(C(C)(C)C)CC1CN1CCOCC1. The fourth-order valence-electron chi connectivity index (χ4n) is 3.97. The highest BCUT2D eigenvalue weighted by Crippen LogP contribution is 2.40. The molecule has 1 heterocycles. The van der Waals surface area contributed by atoms with Crippen molar-refractivity contribution in [2.75, 3.05) is 39.4 Å². The zero-order valence-corrected chi connectivity index (χ0v) is 14.7. The first-order valence-corrected chi connectivity index (χ1v) is 9.04. The summed E-state index contributed by atoms with van der Waals surface area (Å²) >= 11 is 0. The van der Waals surface area contributed by atoms with Gasteiger partial charge in [-0.05, 0) is 49.5 Å². The van der Waals surface area contributed by atoms with Gasteiger partial charge in [-0.1, -0.05) is 27.7 Å².